The number of imidazole rings is 1. The van der Waals surface area contributed by atoms with E-state index >= 15 is 0 Å². The van der Waals surface area contributed by atoms with Crippen molar-refractivity contribution in [1.29, 1.82) is 0 Å². The molecule has 0 aromatic carbocycles. The average Bonchev–Trinajstić information content (AvgIpc) is 2.94. The van der Waals surface area contributed by atoms with Crippen molar-refractivity contribution >= 4 is 11.3 Å². The van der Waals surface area contributed by atoms with Gasteiger partial charge in [-0.2, -0.15) is 0 Å². The van der Waals surface area contributed by atoms with Gasteiger partial charge in [-0.15, -0.1) is 11.3 Å². The minimum atomic E-state index is 0.460. The molecular formula is C14H20N4S. The Hall–Kier alpha value is -1.20. The van der Waals surface area contributed by atoms with E-state index in [9.17, 15) is 0 Å². The van der Waals surface area contributed by atoms with Crippen molar-refractivity contribution in [2.75, 3.05) is 0 Å². The third kappa shape index (κ3) is 2.72. The second-order valence-electron chi connectivity index (χ2n) is 5.50. The van der Waals surface area contributed by atoms with Gasteiger partial charge >= 0.3 is 0 Å². The smallest absolute Gasteiger partial charge is 0.168 e. The van der Waals surface area contributed by atoms with Gasteiger partial charge in [0.25, 0.3) is 0 Å². The van der Waals surface area contributed by atoms with E-state index < -0.39 is 0 Å². The summed E-state index contributed by atoms with van der Waals surface area (Å²) in [6.07, 6.45) is 6.44. The molecule has 0 bridgehead atoms. The highest BCUT2D eigenvalue weighted by Crippen LogP contribution is 2.31. The maximum Gasteiger partial charge on any atom is 0.168 e. The molecule has 5 heteroatoms. The van der Waals surface area contributed by atoms with Crippen LogP contribution in [-0.2, 0) is 13.6 Å². The molecule has 1 saturated carbocycles. The Morgan fingerprint density at radius 1 is 1.47 bits per heavy atom. The van der Waals surface area contributed by atoms with Crippen LogP contribution in [0.1, 0.15) is 43.2 Å². The largest absolute Gasteiger partial charge is 0.332 e. The van der Waals surface area contributed by atoms with Crippen LogP contribution in [-0.4, -0.2) is 20.6 Å². The van der Waals surface area contributed by atoms with Gasteiger partial charge in [-0.05, 0) is 18.8 Å². The van der Waals surface area contributed by atoms with Crippen molar-refractivity contribution < 1.29 is 0 Å². The van der Waals surface area contributed by atoms with Crippen LogP contribution >= 0.6 is 11.3 Å². The van der Waals surface area contributed by atoms with E-state index in [4.69, 9.17) is 4.98 Å². The van der Waals surface area contributed by atoms with Gasteiger partial charge in [0, 0.05) is 36.9 Å². The zero-order valence-corrected chi connectivity index (χ0v) is 12.5. The van der Waals surface area contributed by atoms with E-state index in [0.717, 1.165) is 23.4 Å². The molecule has 1 fully saturated rings. The van der Waals surface area contributed by atoms with Crippen LogP contribution in [0.25, 0.3) is 10.8 Å². The number of aryl methyl sites for hydroxylation is 1. The van der Waals surface area contributed by atoms with Crippen LogP contribution in [0.5, 0.6) is 0 Å². The molecule has 4 nitrogen and oxygen atoms in total. The minimum Gasteiger partial charge on any atom is -0.332 e. The maximum atomic E-state index is 4.81. The fourth-order valence-corrected chi connectivity index (χ4v) is 3.34. The summed E-state index contributed by atoms with van der Waals surface area (Å²) in [6.45, 7) is 5.36. The summed E-state index contributed by atoms with van der Waals surface area (Å²) in [6, 6.07) is 0.735. The minimum absolute atomic E-state index is 0.460. The van der Waals surface area contributed by atoms with Crippen molar-refractivity contribution in [3.63, 3.8) is 0 Å². The Morgan fingerprint density at radius 2 is 2.26 bits per heavy atom. The summed E-state index contributed by atoms with van der Waals surface area (Å²) in [5, 5.41) is 4.62. The number of rotatable bonds is 5. The molecule has 2 aromatic rings. The normalized spacial score (nSPS) is 15.4. The van der Waals surface area contributed by atoms with E-state index in [-0.39, 0.29) is 0 Å². The van der Waals surface area contributed by atoms with Gasteiger partial charge in [0.15, 0.2) is 10.8 Å². The number of aromatic nitrogens is 3. The molecule has 1 aliphatic rings. The van der Waals surface area contributed by atoms with E-state index in [0.29, 0.717) is 5.92 Å². The number of hydrogen-bond donors (Lipinski definition) is 1. The van der Waals surface area contributed by atoms with Crippen LogP contribution < -0.4 is 5.32 Å². The standard InChI is InChI=1S/C14H20N4S/c1-9(2)12-11(8-16-10-4-5-10)19-14(17-12)13-15-6-7-18(13)3/h6-7,9-10,16H,4-5,8H2,1-3H3. The highest BCUT2D eigenvalue weighted by atomic mass is 32.1. The van der Waals surface area contributed by atoms with Crippen molar-refractivity contribution in [2.24, 2.45) is 7.05 Å². The first-order valence-corrected chi connectivity index (χ1v) is 7.67. The molecule has 1 N–H and O–H groups in total. The fourth-order valence-electron chi connectivity index (χ4n) is 2.13. The molecule has 0 amide bonds. The quantitative estimate of drug-likeness (QED) is 0.913. The van der Waals surface area contributed by atoms with Gasteiger partial charge in [0.05, 0.1) is 5.69 Å². The number of nitrogens with one attached hydrogen (secondary N) is 1. The molecule has 1 aliphatic carbocycles. The Kier molecular flexibility index (Phi) is 3.41. The highest BCUT2D eigenvalue weighted by molar-refractivity contribution is 7.15. The monoisotopic (exact) mass is 276 g/mol. The lowest BCUT2D eigenvalue weighted by Crippen LogP contribution is -2.15. The lowest BCUT2D eigenvalue weighted by molar-refractivity contribution is 0.681. The summed E-state index contributed by atoms with van der Waals surface area (Å²) in [5.74, 6) is 1.42. The summed E-state index contributed by atoms with van der Waals surface area (Å²) in [4.78, 5) is 10.6. The molecule has 0 unspecified atom stereocenters. The van der Waals surface area contributed by atoms with Crippen LogP contribution in [0.15, 0.2) is 12.4 Å². The van der Waals surface area contributed by atoms with E-state index in [1.54, 1.807) is 11.3 Å². The van der Waals surface area contributed by atoms with Gasteiger partial charge in [0.2, 0.25) is 0 Å². The van der Waals surface area contributed by atoms with Crippen LogP contribution in [0, 0.1) is 0 Å². The summed E-state index contributed by atoms with van der Waals surface area (Å²) in [7, 11) is 2.01. The number of nitrogens with zero attached hydrogens (tertiary/aromatic N) is 3. The molecule has 2 heterocycles. The van der Waals surface area contributed by atoms with Crippen molar-refractivity contribution in [3.05, 3.63) is 23.0 Å². The first-order valence-electron chi connectivity index (χ1n) is 6.86. The maximum absolute atomic E-state index is 4.81. The summed E-state index contributed by atoms with van der Waals surface area (Å²) in [5.41, 5.74) is 1.22. The topological polar surface area (TPSA) is 42.7 Å². The second kappa shape index (κ2) is 5.06. The van der Waals surface area contributed by atoms with Gasteiger partial charge < -0.3 is 9.88 Å². The molecular weight excluding hydrogens is 256 g/mol. The van der Waals surface area contributed by atoms with Gasteiger partial charge in [-0.1, -0.05) is 13.8 Å². The van der Waals surface area contributed by atoms with Crippen molar-refractivity contribution in [1.82, 2.24) is 19.9 Å². The molecule has 0 spiro atoms. The van der Waals surface area contributed by atoms with Crippen molar-refractivity contribution in [3.8, 4) is 10.8 Å². The second-order valence-corrected chi connectivity index (χ2v) is 6.58. The highest BCUT2D eigenvalue weighted by Gasteiger charge is 2.23. The molecule has 0 atom stereocenters. The molecule has 2 aromatic heterocycles. The van der Waals surface area contributed by atoms with Gasteiger partial charge in [-0.25, -0.2) is 9.97 Å². The van der Waals surface area contributed by atoms with Gasteiger partial charge in [0.1, 0.15) is 0 Å². The van der Waals surface area contributed by atoms with Crippen LogP contribution in [0.3, 0.4) is 0 Å². The zero-order valence-electron chi connectivity index (χ0n) is 11.7. The summed E-state index contributed by atoms with van der Waals surface area (Å²) < 4.78 is 2.03. The van der Waals surface area contributed by atoms with E-state index in [2.05, 4.69) is 24.1 Å². The zero-order chi connectivity index (χ0) is 13.4. The van der Waals surface area contributed by atoms with E-state index in [1.165, 1.54) is 23.4 Å². The Bertz CT molecular complexity index is 566. The van der Waals surface area contributed by atoms with Crippen LogP contribution in [0.4, 0.5) is 0 Å². The number of hydrogen-bond acceptors (Lipinski definition) is 4. The summed E-state index contributed by atoms with van der Waals surface area (Å²) >= 11 is 1.77. The van der Waals surface area contributed by atoms with Gasteiger partial charge in [-0.3, -0.25) is 0 Å². The fraction of sp³-hybridized carbons (Fsp3) is 0.571. The Morgan fingerprint density at radius 3 is 2.84 bits per heavy atom. The molecule has 0 aliphatic heterocycles. The molecule has 102 valence electrons. The van der Waals surface area contributed by atoms with E-state index in [1.807, 2.05) is 24.0 Å². The molecule has 0 saturated heterocycles. The average molecular weight is 276 g/mol. The molecule has 19 heavy (non-hydrogen) atoms. The van der Waals surface area contributed by atoms with Crippen molar-refractivity contribution in [2.45, 2.75) is 45.2 Å². The predicted molar refractivity (Wildman–Crippen MR) is 78.3 cm³/mol. The molecule has 0 radical (unpaired) electrons. The lowest BCUT2D eigenvalue weighted by atomic mass is 10.1. The molecule has 3 rings (SSSR count). The van der Waals surface area contributed by atoms with Crippen LogP contribution in [0.2, 0.25) is 0 Å². The first kappa shape index (κ1) is 12.8. The SMILES string of the molecule is CC(C)c1nc(-c2nccn2C)sc1CNC1CC1. The lowest BCUT2D eigenvalue weighted by Gasteiger charge is -2.05. The first-order chi connectivity index (χ1) is 9.15. The third-order valence-electron chi connectivity index (χ3n) is 3.42. The predicted octanol–water partition coefficient (Wildman–Crippen LogP) is 2.92. The third-order valence-corrected chi connectivity index (χ3v) is 4.48. The number of thiazole rings is 1. The Balaban J connectivity index is 1.89. The Labute approximate surface area is 117 Å².